The topological polar surface area (TPSA) is 62.9 Å². The second-order valence-electron chi connectivity index (χ2n) is 5.96. The van der Waals surface area contributed by atoms with Crippen molar-refractivity contribution in [2.45, 2.75) is 25.3 Å². The summed E-state index contributed by atoms with van der Waals surface area (Å²) in [6.07, 6.45) is 4.01. The van der Waals surface area contributed by atoms with E-state index >= 15 is 0 Å². The minimum absolute atomic E-state index is 0. The van der Waals surface area contributed by atoms with Crippen LogP contribution >= 0.6 is 24.0 Å². The molecule has 5 nitrogen and oxygen atoms in total. The summed E-state index contributed by atoms with van der Waals surface area (Å²) in [7, 11) is 1.66. The van der Waals surface area contributed by atoms with Gasteiger partial charge in [-0.2, -0.15) is 0 Å². The van der Waals surface area contributed by atoms with Gasteiger partial charge in [0.2, 0.25) is 0 Å². The third-order valence-electron chi connectivity index (χ3n) is 4.24. The van der Waals surface area contributed by atoms with Gasteiger partial charge in [0.25, 0.3) is 0 Å². The van der Waals surface area contributed by atoms with Crippen LogP contribution in [0, 0.1) is 5.92 Å². The molecule has 1 aliphatic heterocycles. The van der Waals surface area contributed by atoms with Crippen LogP contribution in [0.25, 0.3) is 0 Å². The lowest BCUT2D eigenvalue weighted by atomic mass is 10.1. The van der Waals surface area contributed by atoms with Crippen molar-refractivity contribution >= 4 is 35.6 Å². The average Bonchev–Trinajstić information content (AvgIpc) is 3.24. The lowest BCUT2D eigenvalue weighted by Gasteiger charge is -2.14. The summed E-state index contributed by atoms with van der Waals surface area (Å²) >= 11 is 0. The first kappa shape index (κ1) is 17.3. The number of halogens is 1. The molecule has 1 aromatic carbocycles. The number of nitrogens with two attached hydrogens (primary N) is 1. The van der Waals surface area contributed by atoms with Crippen LogP contribution in [0.5, 0.6) is 5.75 Å². The standard InChI is InChI=1S/C16H24N4O.HI/c1-21-15-4-2-3-13(9-15)19-16(17)18-10-12-7-8-20(11-12)14-5-6-14;/h2-4,9,12,14H,5-8,10-11H2,1H3,(H3,17,18,19);1H. The molecule has 0 radical (unpaired) electrons. The molecule has 1 saturated heterocycles. The van der Waals surface area contributed by atoms with Gasteiger partial charge in [-0.05, 0) is 43.9 Å². The molecule has 1 saturated carbocycles. The zero-order valence-corrected chi connectivity index (χ0v) is 15.3. The summed E-state index contributed by atoms with van der Waals surface area (Å²) in [6, 6.07) is 8.57. The molecular weight excluding hydrogens is 391 g/mol. The fourth-order valence-electron chi connectivity index (χ4n) is 2.90. The van der Waals surface area contributed by atoms with Crippen LogP contribution in [0.15, 0.2) is 29.3 Å². The predicted octanol–water partition coefficient (Wildman–Crippen LogP) is 2.52. The number of likely N-dealkylation sites (tertiary alicyclic amines) is 1. The first-order chi connectivity index (χ1) is 10.2. The molecular formula is C16H25IN4O. The predicted molar refractivity (Wildman–Crippen MR) is 101 cm³/mol. The van der Waals surface area contributed by atoms with Gasteiger partial charge in [0.1, 0.15) is 5.75 Å². The molecule has 1 heterocycles. The Bertz CT molecular complexity index is 519. The van der Waals surface area contributed by atoms with Crippen molar-refractivity contribution in [1.29, 1.82) is 0 Å². The Hall–Kier alpha value is -1.02. The monoisotopic (exact) mass is 416 g/mol. The minimum atomic E-state index is 0. The highest BCUT2D eigenvalue weighted by Gasteiger charge is 2.34. The zero-order chi connectivity index (χ0) is 14.7. The maximum atomic E-state index is 5.97. The highest BCUT2D eigenvalue weighted by Crippen LogP contribution is 2.31. The Labute approximate surface area is 149 Å². The lowest BCUT2D eigenvalue weighted by Crippen LogP contribution is -2.25. The SMILES string of the molecule is COc1cccc(NC(N)=NCC2CCN(C3CC3)C2)c1.I. The van der Waals surface area contributed by atoms with Crippen LogP contribution in [0.2, 0.25) is 0 Å². The molecule has 2 fully saturated rings. The van der Waals surface area contributed by atoms with Crippen molar-refractivity contribution < 1.29 is 4.74 Å². The van der Waals surface area contributed by atoms with Crippen LogP contribution in [0.3, 0.4) is 0 Å². The van der Waals surface area contributed by atoms with Gasteiger partial charge in [-0.25, -0.2) is 0 Å². The van der Waals surface area contributed by atoms with Crippen LogP contribution < -0.4 is 15.8 Å². The third-order valence-corrected chi connectivity index (χ3v) is 4.24. The Morgan fingerprint density at radius 1 is 1.41 bits per heavy atom. The first-order valence-corrected chi connectivity index (χ1v) is 7.69. The van der Waals surface area contributed by atoms with Crippen molar-refractivity contribution in [1.82, 2.24) is 4.90 Å². The molecule has 1 atom stereocenters. The quantitative estimate of drug-likeness (QED) is 0.440. The normalized spacial score (nSPS) is 22.2. The minimum Gasteiger partial charge on any atom is -0.497 e. The van der Waals surface area contributed by atoms with Crippen LogP contribution in [0.4, 0.5) is 5.69 Å². The number of nitrogens with zero attached hydrogens (tertiary/aromatic N) is 2. The summed E-state index contributed by atoms with van der Waals surface area (Å²) in [4.78, 5) is 7.09. The van der Waals surface area contributed by atoms with Crippen molar-refractivity contribution in [3.8, 4) is 5.75 Å². The van der Waals surface area contributed by atoms with Gasteiger partial charge in [0.05, 0.1) is 7.11 Å². The maximum Gasteiger partial charge on any atom is 0.193 e. The number of hydrogen-bond donors (Lipinski definition) is 2. The van der Waals surface area contributed by atoms with Gasteiger partial charge in [0, 0.05) is 30.9 Å². The number of aliphatic imine (C=N–C) groups is 1. The number of ether oxygens (including phenoxy) is 1. The molecule has 0 bridgehead atoms. The number of nitrogens with one attached hydrogen (secondary N) is 1. The van der Waals surface area contributed by atoms with Crippen LogP contribution in [-0.2, 0) is 0 Å². The average molecular weight is 416 g/mol. The van der Waals surface area contributed by atoms with Crippen molar-refractivity contribution in [3.05, 3.63) is 24.3 Å². The highest BCUT2D eigenvalue weighted by molar-refractivity contribution is 14.0. The number of rotatable bonds is 5. The van der Waals surface area contributed by atoms with Gasteiger partial charge in [-0.3, -0.25) is 4.99 Å². The number of benzene rings is 1. The van der Waals surface area contributed by atoms with E-state index < -0.39 is 0 Å². The van der Waals surface area contributed by atoms with E-state index in [1.165, 1.54) is 32.4 Å². The Kier molecular flexibility index (Phi) is 6.31. The Morgan fingerprint density at radius 3 is 2.95 bits per heavy atom. The molecule has 3 rings (SSSR count). The molecule has 0 spiro atoms. The smallest absolute Gasteiger partial charge is 0.193 e. The molecule has 0 amide bonds. The van der Waals surface area contributed by atoms with Gasteiger partial charge in [-0.15, -0.1) is 24.0 Å². The van der Waals surface area contributed by atoms with Crippen LogP contribution in [-0.4, -0.2) is 43.6 Å². The zero-order valence-electron chi connectivity index (χ0n) is 13.0. The Balaban J connectivity index is 0.00000176. The second-order valence-corrected chi connectivity index (χ2v) is 5.96. The molecule has 2 aliphatic rings. The number of hydrogen-bond acceptors (Lipinski definition) is 3. The molecule has 1 unspecified atom stereocenters. The Morgan fingerprint density at radius 2 is 2.23 bits per heavy atom. The summed E-state index contributed by atoms with van der Waals surface area (Å²) in [5.41, 5.74) is 6.87. The highest BCUT2D eigenvalue weighted by atomic mass is 127. The van der Waals surface area contributed by atoms with Gasteiger partial charge in [-0.1, -0.05) is 6.07 Å². The molecule has 0 aromatic heterocycles. The number of guanidine groups is 1. The summed E-state index contributed by atoms with van der Waals surface area (Å²) in [5.74, 6) is 1.94. The summed E-state index contributed by atoms with van der Waals surface area (Å²) in [6.45, 7) is 3.22. The lowest BCUT2D eigenvalue weighted by molar-refractivity contribution is 0.315. The molecule has 6 heteroatoms. The molecule has 1 aliphatic carbocycles. The fourth-order valence-corrected chi connectivity index (χ4v) is 2.90. The third kappa shape index (κ3) is 4.74. The van der Waals surface area contributed by atoms with Crippen molar-refractivity contribution in [2.75, 3.05) is 32.1 Å². The second kappa shape index (κ2) is 8.01. The van der Waals surface area contributed by atoms with E-state index in [-0.39, 0.29) is 24.0 Å². The van der Waals surface area contributed by atoms with E-state index in [0.717, 1.165) is 24.0 Å². The maximum absolute atomic E-state index is 5.97. The van der Waals surface area contributed by atoms with Gasteiger partial charge < -0.3 is 20.7 Å². The molecule has 1 aromatic rings. The van der Waals surface area contributed by atoms with E-state index in [4.69, 9.17) is 10.5 Å². The number of anilines is 1. The molecule has 3 N–H and O–H groups in total. The van der Waals surface area contributed by atoms with E-state index in [9.17, 15) is 0 Å². The van der Waals surface area contributed by atoms with Gasteiger partial charge in [0.15, 0.2) is 5.96 Å². The van der Waals surface area contributed by atoms with E-state index in [1.54, 1.807) is 7.11 Å². The largest absolute Gasteiger partial charge is 0.497 e. The summed E-state index contributed by atoms with van der Waals surface area (Å²) in [5, 5.41) is 3.12. The summed E-state index contributed by atoms with van der Waals surface area (Å²) < 4.78 is 5.19. The fraction of sp³-hybridized carbons (Fsp3) is 0.562. The van der Waals surface area contributed by atoms with E-state index in [0.29, 0.717) is 11.9 Å². The first-order valence-electron chi connectivity index (χ1n) is 7.69. The molecule has 122 valence electrons. The van der Waals surface area contributed by atoms with Gasteiger partial charge >= 0.3 is 0 Å². The van der Waals surface area contributed by atoms with E-state index in [1.807, 2.05) is 24.3 Å². The number of methoxy groups -OCH3 is 1. The van der Waals surface area contributed by atoms with Crippen LogP contribution in [0.1, 0.15) is 19.3 Å². The van der Waals surface area contributed by atoms with Crippen molar-refractivity contribution in [2.24, 2.45) is 16.6 Å². The van der Waals surface area contributed by atoms with E-state index in [2.05, 4.69) is 15.2 Å². The van der Waals surface area contributed by atoms with Crippen molar-refractivity contribution in [3.63, 3.8) is 0 Å². The molecule has 22 heavy (non-hydrogen) atoms.